The fraction of sp³-hybridized carbons (Fsp3) is 0.0714. The Morgan fingerprint density at radius 3 is 2.68 bits per heavy atom. The van der Waals surface area contributed by atoms with Crippen LogP contribution >= 0.6 is 11.6 Å². The number of nitrogens with two attached hydrogens (primary N) is 1. The molecular formula is C14H12ClN3O4. The highest BCUT2D eigenvalue weighted by atomic mass is 35.5. The lowest BCUT2D eigenvalue weighted by molar-refractivity contribution is -0.383. The molecule has 0 unspecified atom stereocenters. The first-order chi connectivity index (χ1) is 10.4. The molecule has 8 heteroatoms. The second-order valence-corrected chi connectivity index (χ2v) is 4.77. The second kappa shape index (κ2) is 6.31. The third-order valence-corrected chi connectivity index (χ3v) is 3.13. The fourth-order valence-corrected chi connectivity index (χ4v) is 1.99. The Morgan fingerprint density at radius 1 is 1.32 bits per heavy atom. The van der Waals surface area contributed by atoms with Crippen molar-refractivity contribution in [2.75, 3.05) is 18.2 Å². The van der Waals surface area contributed by atoms with Crippen molar-refractivity contribution in [3.8, 4) is 5.75 Å². The molecule has 2 rings (SSSR count). The van der Waals surface area contributed by atoms with E-state index in [4.69, 9.17) is 22.1 Å². The summed E-state index contributed by atoms with van der Waals surface area (Å²) in [5.41, 5.74) is 5.62. The lowest BCUT2D eigenvalue weighted by Gasteiger charge is -2.10. The third kappa shape index (κ3) is 3.26. The third-order valence-electron chi connectivity index (χ3n) is 2.90. The molecule has 2 aromatic rings. The molecule has 0 saturated heterocycles. The maximum absolute atomic E-state index is 12.2. The average Bonchev–Trinajstić information content (AvgIpc) is 2.47. The molecule has 22 heavy (non-hydrogen) atoms. The van der Waals surface area contributed by atoms with Gasteiger partial charge in [0.15, 0.2) is 0 Å². The number of carbonyl (C=O) groups excluding carboxylic acids is 1. The molecule has 0 saturated carbocycles. The Labute approximate surface area is 130 Å². The summed E-state index contributed by atoms with van der Waals surface area (Å²) in [6.45, 7) is 0. The zero-order chi connectivity index (χ0) is 16.3. The maximum Gasteiger partial charge on any atom is 0.292 e. The number of nitrogen functional groups attached to an aromatic ring is 1. The highest BCUT2D eigenvalue weighted by Crippen LogP contribution is 2.29. The van der Waals surface area contributed by atoms with E-state index in [1.807, 2.05) is 0 Å². The highest BCUT2D eigenvalue weighted by Gasteiger charge is 2.17. The maximum atomic E-state index is 12.2. The molecule has 2 aromatic carbocycles. The minimum atomic E-state index is -0.647. The number of nitrogens with one attached hydrogen (secondary N) is 1. The van der Waals surface area contributed by atoms with Gasteiger partial charge in [-0.1, -0.05) is 11.6 Å². The number of hydrogen-bond acceptors (Lipinski definition) is 5. The summed E-state index contributed by atoms with van der Waals surface area (Å²) in [4.78, 5) is 22.4. The summed E-state index contributed by atoms with van der Waals surface area (Å²) in [5.74, 6) is -0.119. The van der Waals surface area contributed by atoms with Crippen molar-refractivity contribution in [3.05, 3.63) is 57.1 Å². The summed E-state index contributed by atoms with van der Waals surface area (Å²) in [6, 6.07) is 8.55. The molecule has 1 amide bonds. The van der Waals surface area contributed by atoms with Gasteiger partial charge in [-0.3, -0.25) is 14.9 Å². The van der Waals surface area contributed by atoms with E-state index in [9.17, 15) is 14.9 Å². The van der Waals surface area contributed by atoms with Crippen molar-refractivity contribution >= 4 is 34.6 Å². The van der Waals surface area contributed by atoms with Gasteiger partial charge in [-0.2, -0.15) is 0 Å². The Kier molecular flexibility index (Phi) is 4.47. The van der Waals surface area contributed by atoms with Crippen LogP contribution in [0, 0.1) is 10.1 Å². The van der Waals surface area contributed by atoms with Gasteiger partial charge in [0.1, 0.15) is 11.4 Å². The normalized spacial score (nSPS) is 10.1. The molecule has 0 heterocycles. The minimum Gasteiger partial charge on any atom is -0.495 e. The summed E-state index contributed by atoms with van der Waals surface area (Å²) < 4.78 is 5.12. The summed E-state index contributed by atoms with van der Waals surface area (Å²) in [6.07, 6.45) is 0. The fourth-order valence-electron chi connectivity index (χ4n) is 1.82. The first-order valence-electron chi connectivity index (χ1n) is 6.11. The Balaban J connectivity index is 2.32. The van der Waals surface area contributed by atoms with Crippen molar-refractivity contribution in [3.63, 3.8) is 0 Å². The summed E-state index contributed by atoms with van der Waals surface area (Å²) in [7, 11) is 1.45. The van der Waals surface area contributed by atoms with Crippen LogP contribution in [-0.4, -0.2) is 17.9 Å². The van der Waals surface area contributed by atoms with Crippen LogP contribution in [0.25, 0.3) is 0 Å². The van der Waals surface area contributed by atoms with E-state index < -0.39 is 10.8 Å². The van der Waals surface area contributed by atoms with Gasteiger partial charge in [0.05, 0.1) is 17.7 Å². The van der Waals surface area contributed by atoms with Crippen molar-refractivity contribution in [2.45, 2.75) is 0 Å². The van der Waals surface area contributed by atoms with Crippen LogP contribution in [0.5, 0.6) is 5.75 Å². The standard InChI is InChI=1S/C14H12ClN3O4/c1-22-13-5-3-9(15)7-11(13)17-14(19)8-2-4-10(16)12(6-8)18(20)21/h2-7H,16H2,1H3,(H,17,19). The van der Waals surface area contributed by atoms with Gasteiger partial charge in [-0.25, -0.2) is 0 Å². The van der Waals surface area contributed by atoms with Crippen molar-refractivity contribution in [2.24, 2.45) is 0 Å². The van der Waals surface area contributed by atoms with Crippen LogP contribution in [-0.2, 0) is 0 Å². The van der Waals surface area contributed by atoms with E-state index in [1.54, 1.807) is 12.1 Å². The molecule has 0 aromatic heterocycles. The zero-order valence-corrected chi connectivity index (χ0v) is 12.3. The number of ether oxygens (including phenoxy) is 1. The molecule has 0 radical (unpaired) electrons. The molecule has 0 bridgehead atoms. The predicted octanol–water partition coefficient (Wildman–Crippen LogP) is 3.09. The molecular weight excluding hydrogens is 310 g/mol. The summed E-state index contributed by atoms with van der Waals surface area (Å²) in [5, 5.41) is 13.9. The van der Waals surface area contributed by atoms with Crippen LogP contribution in [0.15, 0.2) is 36.4 Å². The monoisotopic (exact) mass is 321 g/mol. The van der Waals surface area contributed by atoms with E-state index in [2.05, 4.69) is 5.32 Å². The number of nitrogens with zero attached hydrogens (tertiary/aromatic N) is 1. The Hall–Kier alpha value is -2.80. The van der Waals surface area contributed by atoms with Gasteiger partial charge in [0, 0.05) is 16.7 Å². The van der Waals surface area contributed by atoms with Crippen LogP contribution in [0.4, 0.5) is 17.1 Å². The number of anilines is 2. The summed E-state index contributed by atoms with van der Waals surface area (Å²) >= 11 is 5.88. The number of nitro groups is 1. The lowest BCUT2D eigenvalue weighted by atomic mass is 10.1. The first kappa shape index (κ1) is 15.6. The molecule has 0 aliphatic carbocycles. The topological polar surface area (TPSA) is 107 Å². The number of rotatable bonds is 4. The van der Waals surface area contributed by atoms with Gasteiger partial charge in [-0.15, -0.1) is 0 Å². The lowest BCUT2D eigenvalue weighted by Crippen LogP contribution is -2.13. The van der Waals surface area contributed by atoms with Gasteiger partial charge in [-0.05, 0) is 30.3 Å². The van der Waals surface area contributed by atoms with Crippen molar-refractivity contribution in [1.82, 2.24) is 0 Å². The Bertz CT molecular complexity index is 749. The van der Waals surface area contributed by atoms with E-state index in [0.717, 1.165) is 6.07 Å². The van der Waals surface area contributed by atoms with Crippen LogP contribution in [0.3, 0.4) is 0 Å². The van der Waals surface area contributed by atoms with Crippen LogP contribution in [0.2, 0.25) is 5.02 Å². The molecule has 3 N–H and O–H groups in total. The van der Waals surface area contributed by atoms with Crippen LogP contribution in [0.1, 0.15) is 10.4 Å². The van der Waals surface area contributed by atoms with Crippen molar-refractivity contribution < 1.29 is 14.5 Å². The molecule has 0 aliphatic rings. The number of amides is 1. The van der Waals surface area contributed by atoms with E-state index >= 15 is 0 Å². The number of methoxy groups -OCH3 is 1. The molecule has 0 aliphatic heterocycles. The molecule has 0 fully saturated rings. The van der Waals surface area contributed by atoms with Crippen molar-refractivity contribution in [1.29, 1.82) is 0 Å². The number of nitro benzene ring substituents is 1. The van der Waals surface area contributed by atoms with E-state index in [1.165, 1.54) is 25.3 Å². The minimum absolute atomic E-state index is 0.0121. The quantitative estimate of drug-likeness (QED) is 0.511. The van der Waals surface area contributed by atoms with Gasteiger partial charge < -0.3 is 15.8 Å². The second-order valence-electron chi connectivity index (χ2n) is 4.33. The number of benzene rings is 2. The van der Waals surface area contributed by atoms with Gasteiger partial charge >= 0.3 is 0 Å². The van der Waals surface area contributed by atoms with E-state index in [-0.39, 0.29) is 16.9 Å². The number of halogens is 1. The Morgan fingerprint density at radius 2 is 2.05 bits per heavy atom. The number of carbonyl (C=O) groups is 1. The molecule has 7 nitrogen and oxygen atoms in total. The largest absolute Gasteiger partial charge is 0.495 e. The SMILES string of the molecule is COc1ccc(Cl)cc1NC(=O)c1ccc(N)c([N+](=O)[O-])c1. The van der Waals surface area contributed by atoms with E-state index in [0.29, 0.717) is 16.5 Å². The predicted molar refractivity (Wildman–Crippen MR) is 83.5 cm³/mol. The molecule has 114 valence electrons. The zero-order valence-electron chi connectivity index (χ0n) is 11.5. The molecule has 0 atom stereocenters. The van der Waals surface area contributed by atoms with Gasteiger partial charge in [0.25, 0.3) is 11.6 Å². The number of hydrogen-bond donors (Lipinski definition) is 2. The highest BCUT2D eigenvalue weighted by molar-refractivity contribution is 6.31. The smallest absolute Gasteiger partial charge is 0.292 e. The van der Waals surface area contributed by atoms with Crippen LogP contribution < -0.4 is 15.8 Å². The average molecular weight is 322 g/mol. The van der Waals surface area contributed by atoms with Gasteiger partial charge in [0.2, 0.25) is 0 Å². The first-order valence-corrected chi connectivity index (χ1v) is 6.49. The molecule has 0 spiro atoms.